The molecule has 6 rings (SSSR count). The maximum atomic E-state index is 13.1. The summed E-state index contributed by atoms with van der Waals surface area (Å²) in [6.07, 6.45) is 13.0. The number of rotatable bonds is 7. The molecular weight excluding hydrogens is 384 g/mol. The van der Waals surface area contributed by atoms with Gasteiger partial charge in [-0.2, -0.15) is 0 Å². The zero-order chi connectivity index (χ0) is 21.1. The van der Waals surface area contributed by atoms with Crippen LogP contribution >= 0.6 is 0 Å². The molecule has 1 spiro atoms. The second-order valence-electron chi connectivity index (χ2n) is 11.7. The molecule has 5 atom stereocenters. The van der Waals surface area contributed by atoms with Crippen LogP contribution in [-0.2, 0) is 4.79 Å². The molecule has 31 heavy (non-hydrogen) atoms. The molecule has 1 aromatic carbocycles. The summed E-state index contributed by atoms with van der Waals surface area (Å²) < 4.78 is 6.12. The Balaban J connectivity index is 0.00000216. The van der Waals surface area contributed by atoms with Crippen LogP contribution in [0.4, 0.5) is 5.69 Å². The fraction of sp³-hybridized carbons (Fsp3) is 0.741. The monoisotopic (exact) mass is 424 g/mol. The van der Waals surface area contributed by atoms with Crippen molar-refractivity contribution in [1.82, 2.24) is 4.90 Å². The molecule has 5 unspecified atom stereocenters. The van der Waals surface area contributed by atoms with E-state index < -0.39 is 0 Å². The lowest BCUT2D eigenvalue weighted by Gasteiger charge is -2.49. The Morgan fingerprint density at radius 1 is 1.16 bits per heavy atom. The van der Waals surface area contributed by atoms with Crippen molar-refractivity contribution in [3.05, 3.63) is 23.8 Å². The number of piperidine rings is 1. The van der Waals surface area contributed by atoms with Crippen LogP contribution in [0.15, 0.2) is 18.2 Å². The van der Waals surface area contributed by atoms with E-state index in [1.807, 2.05) is 18.2 Å². The van der Waals surface area contributed by atoms with E-state index in [-0.39, 0.29) is 7.33 Å². The fourth-order valence-electron chi connectivity index (χ4n) is 8.65. The second-order valence-corrected chi connectivity index (χ2v) is 11.7. The van der Waals surface area contributed by atoms with E-state index in [1.165, 1.54) is 70.9 Å². The third-order valence-corrected chi connectivity index (χ3v) is 9.79. The summed E-state index contributed by atoms with van der Waals surface area (Å²) in [4.78, 5) is 15.6. The minimum absolute atomic E-state index is 0. The number of likely N-dealkylation sites (tertiary alicyclic amines) is 1. The number of nitrogens with zero attached hydrogens (tertiary/aromatic N) is 1. The molecule has 1 saturated heterocycles. The number of ether oxygens (including phenoxy) is 1. The van der Waals surface area contributed by atoms with Gasteiger partial charge in [0.2, 0.25) is 5.91 Å². The van der Waals surface area contributed by atoms with Crippen molar-refractivity contribution in [2.24, 2.45) is 28.6 Å². The lowest BCUT2D eigenvalue weighted by molar-refractivity contribution is -0.119. The number of fused-ring (bicyclic) bond motifs is 2. The van der Waals surface area contributed by atoms with Crippen LogP contribution in [0.3, 0.4) is 0 Å². The molecule has 4 nitrogen and oxygen atoms in total. The van der Waals surface area contributed by atoms with Crippen LogP contribution in [-0.4, -0.2) is 37.0 Å². The molecule has 4 saturated carbocycles. The summed E-state index contributed by atoms with van der Waals surface area (Å²) >= 11 is 0. The molecule has 1 amide bonds. The van der Waals surface area contributed by atoms with E-state index in [0.717, 1.165) is 41.3 Å². The predicted octanol–water partition coefficient (Wildman–Crippen LogP) is 5.65. The van der Waals surface area contributed by atoms with Gasteiger partial charge in [-0.05, 0) is 112 Å². The number of hydrogen-bond donors (Lipinski definition) is 1. The van der Waals surface area contributed by atoms with Gasteiger partial charge in [0.25, 0.3) is 0 Å². The number of carbonyl (C=O) groups is 1. The van der Waals surface area contributed by atoms with Crippen LogP contribution in [0.25, 0.3) is 0 Å². The number of nitrogens with one attached hydrogen (secondary N) is 1. The molecule has 0 radical (unpaired) electrons. The van der Waals surface area contributed by atoms with Crippen molar-refractivity contribution in [3.8, 4) is 5.75 Å². The van der Waals surface area contributed by atoms with Gasteiger partial charge in [0.05, 0.1) is 0 Å². The lowest BCUT2D eigenvalue weighted by Crippen LogP contribution is -2.42. The van der Waals surface area contributed by atoms with E-state index in [1.54, 1.807) is 0 Å². The first-order chi connectivity index (χ1) is 15.1. The first-order valence-electron chi connectivity index (χ1n) is 12.8. The highest BCUT2D eigenvalue weighted by atomic mass is 16.5. The zero-order valence-corrected chi connectivity index (χ0v) is 19.1. The Hall–Kier alpha value is -1.55. The van der Waals surface area contributed by atoms with Gasteiger partial charge in [-0.15, -0.1) is 0 Å². The highest BCUT2D eigenvalue weighted by Gasteiger charge is 2.70. The van der Waals surface area contributed by atoms with E-state index in [0.29, 0.717) is 23.9 Å². The average Bonchev–Trinajstić information content (AvgIpc) is 3.06. The van der Waals surface area contributed by atoms with Crippen LogP contribution in [0, 0.1) is 35.5 Å². The summed E-state index contributed by atoms with van der Waals surface area (Å²) in [7, 11) is 0. The molecule has 5 aliphatic rings. The quantitative estimate of drug-likeness (QED) is 0.615. The smallest absolute Gasteiger partial charge is 0.224 e. The van der Waals surface area contributed by atoms with Gasteiger partial charge >= 0.3 is 0 Å². The zero-order valence-electron chi connectivity index (χ0n) is 19.1. The summed E-state index contributed by atoms with van der Waals surface area (Å²) in [5.41, 5.74) is 2.93. The second kappa shape index (κ2) is 7.50. The maximum absolute atomic E-state index is 13.1. The molecule has 1 N–H and O–H groups in total. The summed E-state index contributed by atoms with van der Waals surface area (Å²) in [5.74, 6) is 3.94. The predicted molar refractivity (Wildman–Crippen MR) is 125 cm³/mol. The van der Waals surface area contributed by atoms with E-state index >= 15 is 0 Å². The largest absolute Gasteiger partial charge is 0.492 e. The first-order valence-corrected chi connectivity index (χ1v) is 12.8. The van der Waals surface area contributed by atoms with Crippen molar-refractivity contribution in [1.29, 1.82) is 0 Å². The van der Waals surface area contributed by atoms with Gasteiger partial charge in [-0.25, -0.2) is 0 Å². The highest BCUT2D eigenvalue weighted by Crippen LogP contribution is 2.79. The molecule has 170 valence electrons. The summed E-state index contributed by atoms with van der Waals surface area (Å²) in [6.45, 7) is 6.18. The summed E-state index contributed by atoms with van der Waals surface area (Å²) in [6, 6.07) is 6.07. The Bertz CT molecular complexity index is 865. The minimum Gasteiger partial charge on any atom is -0.492 e. The van der Waals surface area contributed by atoms with Gasteiger partial charge in [0.1, 0.15) is 12.4 Å². The van der Waals surface area contributed by atoms with Gasteiger partial charge in [-0.3, -0.25) is 9.69 Å². The lowest BCUT2D eigenvalue weighted by atomic mass is 9.55. The normalized spacial score (nSPS) is 38.0. The highest BCUT2D eigenvalue weighted by molar-refractivity contribution is 5.92. The standard InChI is InChI=1S/C27H38N2O2.H2/c1-19-23(6-5-7-24(19)31-11-10-29-8-3-2-4-9-29)28-25(30)17-26-14-20-12-21-13-22(16-26)27(21,15-20)18-26;/h5-7,20-22H,2-4,8-18H2,1H3,(H,28,30);1H. The number of amides is 1. The average molecular weight is 425 g/mol. The Morgan fingerprint density at radius 3 is 2.90 bits per heavy atom. The molecule has 1 heterocycles. The van der Waals surface area contributed by atoms with Gasteiger partial charge in [0, 0.05) is 25.6 Å². The fourth-order valence-corrected chi connectivity index (χ4v) is 8.65. The van der Waals surface area contributed by atoms with Crippen LogP contribution < -0.4 is 10.1 Å². The number of anilines is 1. The molecule has 1 aliphatic heterocycles. The maximum Gasteiger partial charge on any atom is 0.224 e. The molecular formula is C27H40N2O2. The van der Waals surface area contributed by atoms with Crippen molar-refractivity contribution in [3.63, 3.8) is 0 Å². The Labute approximate surface area is 188 Å². The van der Waals surface area contributed by atoms with Crippen LogP contribution in [0.1, 0.15) is 71.2 Å². The first kappa shape index (κ1) is 20.1. The third-order valence-electron chi connectivity index (χ3n) is 9.79. The minimum atomic E-state index is 0. The van der Waals surface area contributed by atoms with Crippen LogP contribution in [0.2, 0.25) is 0 Å². The molecule has 5 fully saturated rings. The molecule has 3 bridgehead atoms. The Kier molecular flexibility index (Phi) is 4.86. The van der Waals surface area contributed by atoms with Crippen molar-refractivity contribution < 1.29 is 11.0 Å². The molecule has 0 aromatic heterocycles. The summed E-state index contributed by atoms with van der Waals surface area (Å²) in [5, 5.41) is 3.26. The van der Waals surface area contributed by atoms with Crippen LogP contribution in [0.5, 0.6) is 5.75 Å². The topological polar surface area (TPSA) is 41.6 Å². The number of benzene rings is 1. The number of hydrogen-bond acceptors (Lipinski definition) is 3. The van der Waals surface area contributed by atoms with Gasteiger partial charge in [-0.1, -0.05) is 12.5 Å². The van der Waals surface area contributed by atoms with E-state index in [9.17, 15) is 4.79 Å². The molecule has 4 aliphatic carbocycles. The van der Waals surface area contributed by atoms with E-state index in [2.05, 4.69) is 17.1 Å². The SMILES string of the molecule is Cc1c(NC(=O)CC23CC4CC5CC(C2)C5(C4)C3)cccc1OCCN1CCCCC1.[HH]. The number of carbonyl (C=O) groups excluding carboxylic acids is 1. The van der Waals surface area contributed by atoms with E-state index in [4.69, 9.17) is 4.74 Å². The van der Waals surface area contributed by atoms with Crippen molar-refractivity contribution in [2.75, 3.05) is 31.6 Å². The third kappa shape index (κ3) is 3.41. The van der Waals surface area contributed by atoms with Crippen molar-refractivity contribution >= 4 is 11.6 Å². The molecule has 4 heteroatoms. The van der Waals surface area contributed by atoms with Gasteiger partial charge < -0.3 is 10.1 Å². The molecule has 1 aromatic rings. The van der Waals surface area contributed by atoms with Gasteiger partial charge in [0.15, 0.2) is 0 Å². The van der Waals surface area contributed by atoms with Crippen molar-refractivity contribution in [2.45, 2.75) is 71.1 Å². The Morgan fingerprint density at radius 2 is 2.03 bits per heavy atom.